The second-order valence-corrected chi connectivity index (χ2v) is 4.72. The maximum absolute atomic E-state index is 6.06. The van der Waals surface area contributed by atoms with Crippen LogP contribution in [0.25, 0.3) is 0 Å². The lowest BCUT2D eigenvalue weighted by Gasteiger charge is -2.18. The molecule has 0 spiro atoms. The molecule has 0 amide bonds. The van der Waals surface area contributed by atoms with Gasteiger partial charge in [0.1, 0.15) is 6.10 Å². The quantitative estimate of drug-likeness (QED) is 0.733. The highest BCUT2D eigenvalue weighted by atomic mass is 16.6. The van der Waals surface area contributed by atoms with E-state index in [9.17, 15) is 0 Å². The molecule has 112 valence electrons. The van der Waals surface area contributed by atoms with Crippen LogP contribution in [-0.4, -0.2) is 46.7 Å². The van der Waals surface area contributed by atoms with E-state index in [-0.39, 0.29) is 6.10 Å². The molecule has 1 aromatic carbocycles. The van der Waals surface area contributed by atoms with Crippen LogP contribution >= 0.6 is 0 Å². The average molecular weight is 281 g/mol. The van der Waals surface area contributed by atoms with Gasteiger partial charge in [0.05, 0.1) is 26.9 Å². The third-order valence-electron chi connectivity index (χ3n) is 3.25. The molecule has 1 aromatic rings. The van der Waals surface area contributed by atoms with Crippen LogP contribution in [0, 0.1) is 0 Å². The van der Waals surface area contributed by atoms with Crippen molar-refractivity contribution in [2.75, 3.05) is 40.6 Å². The lowest BCUT2D eigenvalue weighted by atomic mass is 10.1. The number of rotatable bonds is 8. The second kappa shape index (κ2) is 8.09. The molecule has 5 heteroatoms. The van der Waals surface area contributed by atoms with Crippen molar-refractivity contribution >= 4 is 0 Å². The first-order valence-electron chi connectivity index (χ1n) is 6.95. The molecular formula is C15H23NO4. The molecule has 0 aliphatic carbocycles. The first-order chi connectivity index (χ1) is 9.85. The number of hydrogen-bond donors (Lipinski definition) is 1. The van der Waals surface area contributed by atoms with Gasteiger partial charge < -0.3 is 24.3 Å². The fraction of sp³-hybridized carbons (Fsp3) is 0.600. The fourth-order valence-electron chi connectivity index (χ4n) is 2.16. The Morgan fingerprint density at radius 3 is 2.95 bits per heavy atom. The Morgan fingerprint density at radius 2 is 2.25 bits per heavy atom. The van der Waals surface area contributed by atoms with Crippen LogP contribution in [0.3, 0.4) is 0 Å². The minimum Gasteiger partial charge on any atom is -0.493 e. The molecule has 1 fully saturated rings. The second-order valence-electron chi connectivity index (χ2n) is 4.72. The zero-order valence-electron chi connectivity index (χ0n) is 12.2. The standard InChI is InChI=1S/C15H23NO4/c1-17-9-7-16-10-12-4-3-5-14(18-2)15(12)20-13-6-8-19-11-13/h3-5,13,16H,6-11H2,1-2H3. The topological polar surface area (TPSA) is 49.0 Å². The third kappa shape index (κ3) is 4.10. The van der Waals surface area contributed by atoms with E-state index in [1.807, 2.05) is 18.2 Å². The van der Waals surface area contributed by atoms with Gasteiger partial charge in [-0.3, -0.25) is 0 Å². The molecule has 5 nitrogen and oxygen atoms in total. The molecule has 1 heterocycles. The summed E-state index contributed by atoms with van der Waals surface area (Å²) in [6, 6.07) is 5.95. The number of ether oxygens (including phenoxy) is 4. The Hall–Kier alpha value is -1.30. The van der Waals surface area contributed by atoms with Crippen LogP contribution < -0.4 is 14.8 Å². The summed E-state index contributed by atoms with van der Waals surface area (Å²) in [5.74, 6) is 1.58. The largest absolute Gasteiger partial charge is 0.493 e. The number of nitrogens with one attached hydrogen (secondary N) is 1. The Balaban J connectivity index is 2.04. The molecular weight excluding hydrogens is 258 g/mol. The van der Waals surface area contributed by atoms with E-state index < -0.39 is 0 Å². The Labute approximate surface area is 120 Å². The van der Waals surface area contributed by atoms with Gasteiger partial charge in [0, 0.05) is 32.2 Å². The van der Waals surface area contributed by atoms with E-state index in [0.29, 0.717) is 13.2 Å². The van der Waals surface area contributed by atoms with Crippen molar-refractivity contribution in [1.29, 1.82) is 0 Å². The van der Waals surface area contributed by atoms with E-state index in [0.717, 1.165) is 43.2 Å². The van der Waals surface area contributed by atoms with Crippen LogP contribution in [0.1, 0.15) is 12.0 Å². The van der Waals surface area contributed by atoms with Gasteiger partial charge in [-0.2, -0.15) is 0 Å². The molecule has 0 bridgehead atoms. The van der Waals surface area contributed by atoms with Crippen LogP contribution in [0.4, 0.5) is 0 Å². The van der Waals surface area contributed by atoms with Crippen molar-refractivity contribution in [3.05, 3.63) is 23.8 Å². The molecule has 20 heavy (non-hydrogen) atoms. The van der Waals surface area contributed by atoms with Crippen molar-refractivity contribution in [2.24, 2.45) is 0 Å². The van der Waals surface area contributed by atoms with E-state index in [4.69, 9.17) is 18.9 Å². The normalized spacial score (nSPS) is 18.2. The molecule has 1 atom stereocenters. The SMILES string of the molecule is COCCNCc1cccc(OC)c1OC1CCOC1. The summed E-state index contributed by atoms with van der Waals surface area (Å²) in [4.78, 5) is 0. The van der Waals surface area contributed by atoms with Gasteiger partial charge in [-0.05, 0) is 6.07 Å². The van der Waals surface area contributed by atoms with Crippen LogP contribution in [-0.2, 0) is 16.0 Å². The highest BCUT2D eigenvalue weighted by Gasteiger charge is 2.20. The number of methoxy groups -OCH3 is 2. The molecule has 1 aliphatic rings. The molecule has 1 N–H and O–H groups in total. The summed E-state index contributed by atoms with van der Waals surface area (Å²) >= 11 is 0. The number of para-hydroxylation sites is 1. The van der Waals surface area contributed by atoms with Crippen molar-refractivity contribution in [2.45, 2.75) is 19.1 Å². The van der Waals surface area contributed by atoms with Crippen LogP contribution in [0.2, 0.25) is 0 Å². The van der Waals surface area contributed by atoms with Crippen molar-refractivity contribution in [3.8, 4) is 11.5 Å². The van der Waals surface area contributed by atoms with Gasteiger partial charge in [-0.25, -0.2) is 0 Å². The molecule has 2 rings (SSSR count). The number of hydrogen-bond acceptors (Lipinski definition) is 5. The maximum atomic E-state index is 6.06. The molecule has 1 saturated heterocycles. The van der Waals surface area contributed by atoms with Gasteiger partial charge in [0.2, 0.25) is 0 Å². The minimum absolute atomic E-state index is 0.115. The van der Waals surface area contributed by atoms with Gasteiger partial charge in [-0.15, -0.1) is 0 Å². The summed E-state index contributed by atoms with van der Waals surface area (Å²) in [7, 11) is 3.36. The molecule has 0 saturated carbocycles. The van der Waals surface area contributed by atoms with Gasteiger partial charge in [-0.1, -0.05) is 12.1 Å². The van der Waals surface area contributed by atoms with Crippen molar-refractivity contribution in [1.82, 2.24) is 5.32 Å². The third-order valence-corrected chi connectivity index (χ3v) is 3.25. The summed E-state index contributed by atoms with van der Waals surface area (Å²) in [6.07, 6.45) is 1.04. The van der Waals surface area contributed by atoms with Crippen molar-refractivity contribution < 1.29 is 18.9 Å². The molecule has 0 radical (unpaired) electrons. The van der Waals surface area contributed by atoms with Gasteiger partial charge in [0.25, 0.3) is 0 Å². The lowest BCUT2D eigenvalue weighted by molar-refractivity contribution is 0.137. The first kappa shape index (κ1) is 15.1. The first-order valence-corrected chi connectivity index (χ1v) is 6.95. The smallest absolute Gasteiger partial charge is 0.166 e. The van der Waals surface area contributed by atoms with Crippen LogP contribution in [0.5, 0.6) is 11.5 Å². The predicted octanol–water partition coefficient (Wildman–Crippen LogP) is 1.60. The Bertz CT molecular complexity index is 405. The highest BCUT2D eigenvalue weighted by molar-refractivity contribution is 5.46. The van der Waals surface area contributed by atoms with Crippen LogP contribution in [0.15, 0.2) is 18.2 Å². The average Bonchev–Trinajstić information content (AvgIpc) is 2.98. The van der Waals surface area contributed by atoms with E-state index in [2.05, 4.69) is 5.32 Å². The minimum atomic E-state index is 0.115. The Morgan fingerprint density at radius 1 is 1.35 bits per heavy atom. The van der Waals surface area contributed by atoms with E-state index >= 15 is 0 Å². The summed E-state index contributed by atoms with van der Waals surface area (Å²) in [5.41, 5.74) is 1.09. The van der Waals surface area contributed by atoms with Gasteiger partial charge >= 0.3 is 0 Å². The number of benzene rings is 1. The predicted molar refractivity (Wildman–Crippen MR) is 76.4 cm³/mol. The van der Waals surface area contributed by atoms with E-state index in [1.165, 1.54) is 0 Å². The summed E-state index contributed by atoms with van der Waals surface area (Å²) in [5, 5.41) is 3.33. The molecule has 1 unspecified atom stereocenters. The fourth-order valence-corrected chi connectivity index (χ4v) is 2.16. The lowest BCUT2D eigenvalue weighted by Crippen LogP contribution is -2.21. The molecule has 0 aromatic heterocycles. The molecule has 1 aliphatic heterocycles. The maximum Gasteiger partial charge on any atom is 0.166 e. The zero-order valence-corrected chi connectivity index (χ0v) is 12.2. The summed E-state index contributed by atoms with van der Waals surface area (Å²) < 4.78 is 21.9. The monoisotopic (exact) mass is 281 g/mol. The van der Waals surface area contributed by atoms with Gasteiger partial charge in [0.15, 0.2) is 11.5 Å². The Kier molecular flexibility index (Phi) is 6.11. The summed E-state index contributed by atoms with van der Waals surface area (Å²) in [6.45, 7) is 3.63. The highest BCUT2D eigenvalue weighted by Crippen LogP contribution is 2.33. The zero-order chi connectivity index (χ0) is 14.2. The van der Waals surface area contributed by atoms with E-state index in [1.54, 1.807) is 14.2 Å². The van der Waals surface area contributed by atoms with Crippen molar-refractivity contribution in [3.63, 3.8) is 0 Å².